The Balaban J connectivity index is 1.58. The molecule has 0 fully saturated rings. The molecule has 1 aliphatic heterocycles. The van der Waals surface area contributed by atoms with Gasteiger partial charge < -0.3 is 10.6 Å². The summed E-state index contributed by atoms with van der Waals surface area (Å²) in [6, 6.07) is 26.3. The number of hydrogen-bond donors (Lipinski definition) is 2. The first kappa shape index (κ1) is 18.8. The Morgan fingerprint density at radius 3 is 2.19 bits per heavy atom. The van der Waals surface area contributed by atoms with Gasteiger partial charge in [0.2, 0.25) is 0 Å². The van der Waals surface area contributed by atoms with Gasteiger partial charge in [0.05, 0.1) is 11.6 Å². The van der Waals surface area contributed by atoms with E-state index in [9.17, 15) is 0 Å². The van der Waals surface area contributed by atoms with Crippen molar-refractivity contribution in [3.05, 3.63) is 107 Å². The highest BCUT2D eigenvalue weighted by molar-refractivity contribution is 6.05. The fourth-order valence-electron chi connectivity index (χ4n) is 5.68. The number of nitrogens with two attached hydrogens (primary N) is 1. The van der Waals surface area contributed by atoms with E-state index in [1.54, 1.807) is 0 Å². The van der Waals surface area contributed by atoms with Crippen molar-refractivity contribution in [3.63, 3.8) is 0 Å². The van der Waals surface area contributed by atoms with E-state index < -0.39 is 0 Å². The standard InChI is InChI=1S/C27H23N5/c1-27-15-14-17(26(28)30-31-29)16-23(27)22-12-6-7-13-24(22)32(27)25-20-10-4-2-8-18(20)19-9-3-5-11-21(19)25/h2-14,16,25H,15H2,1H3,(H3,28,29,30). The Morgan fingerprint density at radius 2 is 1.53 bits per heavy atom. The highest BCUT2D eigenvalue weighted by atomic mass is 15.3. The fourth-order valence-corrected chi connectivity index (χ4v) is 5.68. The molecule has 0 spiro atoms. The zero-order valence-corrected chi connectivity index (χ0v) is 17.8. The molecule has 156 valence electrons. The highest BCUT2D eigenvalue weighted by Crippen LogP contribution is 2.58. The average molecular weight is 418 g/mol. The maximum atomic E-state index is 7.04. The first-order valence-corrected chi connectivity index (χ1v) is 10.8. The van der Waals surface area contributed by atoms with Crippen LogP contribution in [0.2, 0.25) is 0 Å². The molecule has 3 aromatic carbocycles. The molecule has 0 radical (unpaired) electrons. The van der Waals surface area contributed by atoms with Crippen molar-refractivity contribution in [1.29, 1.82) is 5.53 Å². The molecule has 3 aromatic rings. The van der Waals surface area contributed by atoms with E-state index in [2.05, 4.69) is 107 Å². The van der Waals surface area contributed by atoms with Crippen molar-refractivity contribution >= 4 is 17.1 Å². The van der Waals surface area contributed by atoms with Gasteiger partial charge in [-0.25, -0.2) is 0 Å². The summed E-state index contributed by atoms with van der Waals surface area (Å²) in [4.78, 5) is 2.59. The first-order valence-electron chi connectivity index (χ1n) is 10.8. The first-order chi connectivity index (χ1) is 15.6. The van der Waals surface area contributed by atoms with Crippen LogP contribution in [0, 0.1) is 5.53 Å². The number of rotatable bonds is 3. The van der Waals surface area contributed by atoms with E-state index in [0.717, 1.165) is 12.0 Å². The van der Waals surface area contributed by atoms with E-state index in [-0.39, 0.29) is 17.4 Å². The van der Waals surface area contributed by atoms with Crippen LogP contribution in [0.3, 0.4) is 0 Å². The maximum Gasteiger partial charge on any atom is 0.154 e. The number of anilines is 1. The van der Waals surface area contributed by atoms with E-state index in [4.69, 9.17) is 11.3 Å². The smallest absolute Gasteiger partial charge is 0.154 e. The van der Waals surface area contributed by atoms with Crippen LogP contribution in [-0.2, 0) is 0 Å². The minimum absolute atomic E-state index is 0.128. The van der Waals surface area contributed by atoms with Gasteiger partial charge in [-0.1, -0.05) is 78.0 Å². The van der Waals surface area contributed by atoms with Crippen molar-refractivity contribution in [2.24, 2.45) is 16.1 Å². The Morgan fingerprint density at radius 1 is 0.938 bits per heavy atom. The van der Waals surface area contributed by atoms with Crippen LogP contribution >= 0.6 is 0 Å². The molecule has 3 aliphatic rings. The van der Waals surface area contributed by atoms with E-state index in [1.165, 1.54) is 39.1 Å². The van der Waals surface area contributed by atoms with Crippen LogP contribution in [0.4, 0.5) is 5.69 Å². The Bertz CT molecular complexity index is 1320. The van der Waals surface area contributed by atoms with Crippen molar-refractivity contribution in [2.75, 3.05) is 4.90 Å². The number of amidine groups is 1. The third-order valence-corrected chi connectivity index (χ3v) is 7.10. The lowest BCUT2D eigenvalue weighted by Crippen LogP contribution is -2.46. The molecule has 5 nitrogen and oxygen atoms in total. The van der Waals surface area contributed by atoms with Gasteiger partial charge >= 0.3 is 0 Å². The molecule has 3 N–H and O–H groups in total. The fraction of sp³-hybridized carbons (Fsp3) is 0.148. The van der Waals surface area contributed by atoms with Gasteiger partial charge in [-0.05, 0) is 53.3 Å². The van der Waals surface area contributed by atoms with Crippen molar-refractivity contribution < 1.29 is 0 Å². The van der Waals surface area contributed by atoms with Gasteiger partial charge in [0, 0.05) is 16.8 Å². The summed E-state index contributed by atoms with van der Waals surface area (Å²) < 4.78 is 0. The zero-order valence-electron chi connectivity index (χ0n) is 17.8. The predicted molar refractivity (Wildman–Crippen MR) is 128 cm³/mol. The third kappa shape index (κ3) is 2.42. The lowest BCUT2D eigenvalue weighted by molar-refractivity contribution is 0.514. The van der Waals surface area contributed by atoms with Gasteiger partial charge in [-0.2, -0.15) is 5.53 Å². The summed E-state index contributed by atoms with van der Waals surface area (Å²) >= 11 is 0. The van der Waals surface area contributed by atoms with Crippen LogP contribution in [0.25, 0.3) is 16.7 Å². The molecule has 1 unspecified atom stereocenters. The Labute approximate surface area is 187 Å². The molecule has 0 saturated carbocycles. The van der Waals surface area contributed by atoms with E-state index in [0.29, 0.717) is 0 Å². The number of benzene rings is 3. The van der Waals surface area contributed by atoms with Gasteiger partial charge in [-0.3, -0.25) is 0 Å². The Hall–Kier alpha value is -3.99. The van der Waals surface area contributed by atoms with Crippen LogP contribution in [-0.4, -0.2) is 11.4 Å². The van der Waals surface area contributed by atoms with Crippen LogP contribution in [0.1, 0.15) is 36.1 Å². The second-order valence-corrected chi connectivity index (χ2v) is 8.74. The van der Waals surface area contributed by atoms with E-state index in [1.807, 2.05) is 0 Å². The Kier molecular flexibility index (Phi) is 3.96. The largest absolute Gasteiger partial charge is 0.382 e. The minimum atomic E-state index is -0.235. The number of nitrogens with zero attached hydrogens (tertiary/aromatic N) is 3. The molecule has 1 atom stereocenters. The maximum absolute atomic E-state index is 7.04. The summed E-state index contributed by atoms with van der Waals surface area (Å²) in [5, 5.41) is 6.88. The van der Waals surface area contributed by atoms with Crippen molar-refractivity contribution in [2.45, 2.75) is 24.9 Å². The van der Waals surface area contributed by atoms with Gasteiger partial charge in [0.15, 0.2) is 5.84 Å². The molecule has 0 bridgehead atoms. The normalized spacial score (nSPS) is 21.3. The average Bonchev–Trinajstić information content (AvgIpc) is 3.27. The molecule has 5 heteroatoms. The van der Waals surface area contributed by atoms with Crippen molar-refractivity contribution in [3.8, 4) is 11.1 Å². The van der Waals surface area contributed by atoms with Gasteiger partial charge in [0.25, 0.3) is 0 Å². The molecular formula is C27H23N5. The lowest BCUT2D eigenvalue weighted by Gasteiger charge is -2.44. The molecule has 0 amide bonds. The zero-order chi connectivity index (χ0) is 21.9. The molecular weight excluding hydrogens is 394 g/mol. The number of nitrogens with one attached hydrogen (secondary N) is 1. The number of hydrogen-bond acceptors (Lipinski definition) is 3. The molecule has 0 saturated heterocycles. The second kappa shape index (κ2) is 6.76. The van der Waals surface area contributed by atoms with E-state index >= 15 is 0 Å². The molecule has 6 rings (SSSR count). The molecule has 2 aliphatic carbocycles. The minimum Gasteiger partial charge on any atom is -0.382 e. The second-order valence-electron chi connectivity index (χ2n) is 8.74. The summed E-state index contributed by atoms with van der Waals surface area (Å²) in [6.07, 6.45) is 5.04. The summed E-state index contributed by atoms with van der Waals surface area (Å²) in [6.45, 7) is 2.32. The quantitative estimate of drug-likeness (QED) is 0.235. The number of para-hydroxylation sites is 1. The van der Waals surface area contributed by atoms with Crippen LogP contribution in [0.15, 0.2) is 101 Å². The molecule has 0 aromatic heterocycles. The topological polar surface area (TPSA) is 77.8 Å². The lowest BCUT2D eigenvalue weighted by atomic mass is 9.80. The van der Waals surface area contributed by atoms with Crippen LogP contribution < -0.4 is 10.6 Å². The third-order valence-electron chi connectivity index (χ3n) is 7.10. The summed E-state index contributed by atoms with van der Waals surface area (Å²) in [5.41, 5.74) is 22.7. The van der Waals surface area contributed by atoms with Gasteiger partial charge in [0.1, 0.15) is 0 Å². The SMILES string of the molecule is CC12CC=C(C(N)=NN=N)C=C1c1ccccc1N2C1c2ccccc2-c2ccccc21. The summed E-state index contributed by atoms with van der Waals surface area (Å²) in [7, 11) is 0. The van der Waals surface area contributed by atoms with Crippen molar-refractivity contribution in [1.82, 2.24) is 0 Å². The molecule has 32 heavy (non-hydrogen) atoms. The monoisotopic (exact) mass is 417 g/mol. The predicted octanol–water partition coefficient (Wildman–Crippen LogP) is 6.05. The summed E-state index contributed by atoms with van der Waals surface area (Å²) in [5.74, 6) is 0.280. The van der Waals surface area contributed by atoms with Gasteiger partial charge in [-0.15, -0.1) is 5.10 Å². The van der Waals surface area contributed by atoms with Crippen LogP contribution in [0.5, 0.6) is 0 Å². The highest BCUT2D eigenvalue weighted by Gasteiger charge is 2.50. The number of fused-ring (bicyclic) bond motifs is 6. The molecule has 1 heterocycles.